The molecule has 0 radical (unpaired) electrons. The van der Waals surface area contributed by atoms with Crippen molar-refractivity contribution in [2.45, 2.75) is 31.2 Å². The van der Waals surface area contributed by atoms with Crippen LogP contribution in [0, 0.1) is 0 Å². The highest BCUT2D eigenvalue weighted by Crippen LogP contribution is 2.30. The second-order valence-electron chi connectivity index (χ2n) is 5.53. The van der Waals surface area contributed by atoms with Gasteiger partial charge in [0.05, 0.1) is 27.5 Å². The summed E-state index contributed by atoms with van der Waals surface area (Å²) < 4.78 is 42.9. The Morgan fingerprint density at radius 3 is 2.58 bits per heavy atom. The second-order valence-corrected chi connectivity index (χ2v) is 6.93. The minimum absolute atomic E-state index is 0.000227. The van der Waals surface area contributed by atoms with Crippen molar-refractivity contribution in [2.24, 2.45) is 0 Å². The Kier molecular flexibility index (Phi) is 6.77. The van der Waals surface area contributed by atoms with E-state index in [4.69, 9.17) is 16.3 Å². The largest absolute Gasteiger partial charge is 0.489 e. The quantitative estimate of drug-likeness (QED) is 0.666. The first kappa shape index (κ1) is 20.4. The van der Waals surface area contributed by atoms with E-state index >= 15 is 0 Å². The van der Waals surface area contributed by atoms with Crippen LogP contribution in [0.2, 0.25) is 5.02 Å². The van der Waals surface area contributed by atoms with Crippen molar-refractivity contribution in [3.8, 4) is 5.75 Å². The number of hydrogen-bond donors (Lipinski definition) is 1. The van der Waals surface area contributed by atoms with Crippen LogP contribution in [0.15, 0.2) is 41.6 Å². The van der Waals surface area contributed by atoms with E-state index < -0.39 is 11.7 Å². The molecule has 26 heavy (non-hydrogen) atoms. The van der Waals surface area contributed by atoms with Gasteiger partial charge in [-0.05, 0) is 44.2 Å². The molecule has 1 amide bonds. The zero-order valence-electron chi connectivity index (χ0n) is 13.9. The van der Waals surface area contributed by atoms with Crippen molar-refractivity contribution in [1.29, 1.82) is 0 Å². The van der Waals surface area contributed by atoms with Crippen LogP contribution in [-0.4, -0.2) is 22.7 Å². The van der Waals surface area contributed by atoms with Crippen molar-refractivity contribution < 1.29 is 22.7 Å². The first-order valence-corrected chi connectivity index (χ1v) is 8.93. The first-order chi connectivity index (χ1) is 12.1. The number of pyridine rings is 1. The van der Waals surface area contributed by atoms with E-state index in [9.17, 15) is 18.0 Å². The molecule has 0 unspecified atom stereocenters. The number of nitrogens with one attached hydrogen (secondary N) is 1. The van der Waals surface area contributed by atoms with Crippen LogP contribution >= 0.6 is 23.4 Å². The average Bonchev–Trinajstić information content (AvgIpc) is 2.55. The van der Waals surface area contributed by atoms with Gasteiger partial charge in [0.15, 0.2) is 0 Å². The Labute approximate surface area is 158 Å². The van der Waals surface area contributed by atoms with Crippen LogP contribution in [0.4, 0.5) is 18.9 Å². The van der Waals surface area contributed by atoms with E-state index in [0.717, 1.165) is 24.0 Å². The first-order valence-electron chi connectivity index (χ1n) is 7.57. The summed E-state index contributed by atoms with van der Waals surface area (Å²) in [5.41, 5.74) is -0.332. The van der Waals surface area contributed by atoms with Gasteiger partial charge in [-0.2, -0.15) is 13.2 Å². The third kappa shape index (κ3) is 6.10. The lowest BCUT2D eigenvalue weighted by atomic mass is 10.3. The number of halogens is 4. The summed E-state index contributed by atoms with van der Waals surface area (Å²) in [5.74, 6) is 0.188. The summed E-state index contributed by atoms with van der Waals surface area (Å²) in [6.45, 7) is 3.75. The SMILES string of the molecule is CC(C)Oc1ccc(NC(=O)CSc2ccc(C(F)(F)F)cn2)cc1Cl. The number of anilines is 1. The maximum atomic E-state index is 12.5. The Hall–Kier alpha value is -1.93. The number of carbonyl (C=O) groups excluding carboxylic acids is 1. The maximum Gasteiger partial charge on any atom is 0.417 e. The Bertz CT molecular complexity index is 768. The molecule has 4 nitrogen and oxygen atoms in total. The van der Waals surface area contributed by atoms with Crippen molar-refractivity contribution in [3.05, 3.63) is 47.1 Å². The van der Waals surface area contributed by atoms with Crippen LogP contribution in [0.5, 0.6) is 5.75 Å². The monoisotopic (exact) mass is 404 g/mol. The van der Waals surface area contributed by atoms with Crippen LogP contribution in [-0.2, 0) is 11.0 Å². The Morgan fingerprint density at radius 2 is 2.04 bits per heavy atom. The van der Waals surface area contributed by atoms with Crippen molar-refractivity contribution >= 4 is 35.0 Å². The van der Waals surface area contributed by atoms with E-state index in [-0.39, 0.29) is 17.8 Å². The fourth-order valence-corrected chi connectivity index (χ4v) is 2.77. The highest BCUT2D eigenvalue weighted by molar-refractivity contribution is 7.99. The molecular weight excluding hydrogens is 389 g/mol. The fraction of sp³-hybridized carbons (Fsp3) is 0.294. The molecule has 1 heterocycles. The van der Waals surface area contributed by atoms with Gasteiger partial charge in [0.2, 0.25) is 5.91 Å². The van der Waals surface area contributed by atoms with E-state index in [1.165, 1.54) is 6.07 Å². The predicted molar refractivity (Wildman–Crippen MR) is 95.8 cm³/mol. The van der Waals surface area contributed by atoms with Crippen molar-refractivity contribution in [2.75, 3.05) is 11.1 Å². The number of nitrogens with zero attached hydrogens (tertiary/aromatic N) is 1. The number of rotatable bonds is 6. The zero-order chi connectivity index (χ0) is 19.3. The lowest BCUT2D eigenvalue weighted by Crippen LogP contribution is -2.14. The van der Waals surface area contributed by atoms with Gasteiger partial charge in [0.1, 0.15) is 5.75 Å². The molecule has 0 aliphatic rings. The normalized spacial score (nSPS) is 11.5. The Morgan fingerprint density at radius 1 is 1.31 bits per heavy atom. The fourth-order valence-electron chi connectivity index (χ4n) is 1.90. The van der Waals surface area contributed by atoms with Gasteiger partial charge in [0.25, 0.3) is 0 Å². The molecule has 0 aliphatic heterocycles. The molecule has 2 rings (SSSR count). The van der Waals surface area contributed by atoms with Crippen LogP contribution in [0.25, 0.3) is 0 Å². The summed E-state index contributed by atoms with van der Waals surface area (Å²) in [5, 5.41) is 3.36. The molecular formula is C17H16ClF3N2O2S. The van der Waals surface area contributed by atoms with Gasteiger partial charge >= 0.3 is 6.18 Å². The minimum atomic E-state index is -4.43. The molecule has 0 fully saturated rings. The summed E-state index contributed by atoms with van der Waals surface area (Å²) >= 11 is 7.13. The summed E-state index contributed by atoms with van der Waals surface area (Å²) in [6, 6.07) is 7.04. The summed E-state index contributed by atoms with van der Waals surface area (Å²) in [6.07, 6.45) is -3.72. The molecule has 2 aromatic rings. The number of thioether (sulfide) groups is 1. The van der Waals surface area contributed by atoms with Gasteiger partial charge in [-0.15, -0.1) is 0 Å². The standard InChI is InChI=1S/C17H16ClF3N2O2S/c1-10(2)25-14-5-4-12(7-13(14)18)23-15(24)9-26-16-6-3-11(8-22-16)17(19,20)21/h3-8,10H,9H2,1-2H3,(H,23,24). The lowest BCUT2D eigenvalue weighted by Gasteiger charge is -2.12. The third-order valence-electron chi connectivity index (χ3n) is 2.99. The molecule has 0 atom stereocenters. The van der Waals surface area contributed by atoms with Gasteiger partial charge in [-0.1, -0.05) is 23.4 Å². The highest BCUT2D eigenvalue weighted by atomic mass is 35.5. The van der Waals surface area contributed by atoms with E-state index in [1.807, 2.05) is 13.8 Å². The molecule has 0 bridgehead atoms. The molecule has 1 aromatic carbocycles. The lowest BCUT2D eigenvalue weighted by molar-refractivity contribution is -0.137. The third-order valence-corrected chi connectivity index (χ3v) is 4.23. The van der Waals surface area contributed by atoms with Crippen LogP contribution in [0.3, 0.4) is 0 Å². The van der Waals surface area contributed by atoms with E-state index in [0.29, 0.717) is 21.5 Å². The highest BCUT2D eigenvalue weighted by Gasteiger charge is 2.30. The molecule has 0 saturated heterocycles. The topological polar surface area (TPSA) is 51.2 Å². The molecule has 1 N–H and O–H groups in total. The molecule has 140 valence electrons. The van der Waals surface area contributed by atoms with Gasteiger partial charge < -0.3 is 10.1 Å². The number of amides is 1. The van der Waals surface area contributed by atoms with Gasteiger partial charge in [-0.3, -0.25) is 4.79 Å². The maximum absolute atomic E-state index is 12.5. The number of benzene rings is 1. The van der Waals surface area contributed by atoms with E-state index in [2.05, 4.69) is 10.3 Å². The number of aromatic nitrogens is 1. The summed E-state index contributed by atoms with van der Waals surface area (Å²) in [7, 11) is 0. The smallest absolute Gasteiger partial charge is 0.417 e. The van der Waals surface area contributed by atoms with Gasteiger partial charge in [0, 0.05) is 11.9 Å². The number of alkyl halides is 3. The summed E-state index contributed by atoms with van der Waals surface area (Å²) in [4.78, 5) is 15.7. The molecule has 0 saturated carbocycles. The van der Waals surface area contributed by atoms with Crippen molar-refractivity contribution in [3.63, 3.8) is 0 Å². The molecule has 0 aliphatic carbocycles. The van der Waals surface area contributed by atoms with Crippen LogP contribution in [0.1, 0.15) is 19.4 Å². The molecule has 0 spiro atoms. The number of carbonyl (C=O) groups is 1. The number of ether oxygens (including phenoxy) is 1. The minimum Gasteiger partial charge on any atom is -0.489 e. The zero-order valence-corrected chi connectivity index (χ0v) is 15.5. The second kappa shape index (κ2) is 8.64. The molecule has 1 aromatic heterocycles. The van der Waals surface area contributed by atoms with Crippen molar-refractivity contribution in [1.82, 2.24) is 4.98 Å². The predicted octanol–water partition coefficient (Wildman–Crippen LogP) is 5.27. The van der Waals surface area contributed by atoms with E-state index in [1.54, 1.807) is 18.2 Å². The number of hydrogen-bond acceptors (Lipinski definition) is 4. The average molecular weight is 405 g/mol. The molecule has 9 heteroatoms. The van der Waals surface area contributed by atoms with Crippen LogP contribution < -0.4 is 10.1 Å². The van der Waals surface area contributed by atoms with Gasteiger partial charge in [-0.25, -0.2) is 4.98 Å². The Balaban J connectivity index is 1.90.